The highest BCUT2D eigenvalue weighted by atomic mass is 16.1. The van der Waals surface area contributed by atoms with E-state index in [1.165, 1.54) is 0 Å². The van der Waals surface area contributed by atoms with Gasteiger partial charge in [-0.3, -0.25) is 4.79 Å². The molecule has 1 rings (SSSR count). The van der Waals surface area contributed by atoms with E-state index in [0.29, 0.717) is 11.3 Å². The third-order valence-electron chi connectivity index (χ3n) is 3.60. The number of carbonyl (C=O) groups excluding carboxylic acids is 1. The number of hydrogen-bond acceptors (Lipinski definition) is 2. The molecule has 0 saturated heterocycles. The van der Waals surface area contributed by atoms with Crippen LogP contribution in [-0.4, -0.2) is 11.4 Å². The van der Waals surface area contributed by atoms with Crippen LogP contribution < -0.4 is 11.1 Å². The number of nitrogens with one attached hydrogen (secondary N) is 1. The lowest BCUT2D eigenvalue weighted by Gasteiger charge is -2.28. The Bertz CT molecular complexity index is 409. The van der Waals surface area contributed by atoms with Gasteiger partial charge in [0, 0.05) is 16.8 Å². The largest absolute Gasteiger partial charge is 0.398 e. The van der Waals surface area contributed by atoms with Crippen molar-refractivity contribution in [3.8, 4) is 0 Å². The highest BCUT2D eigenvalue weighted by molar-refractivity contribution is 5.97. The normalized spacial score (nSPS) is 11.3. The Kier molecular flexibility index (Phi) is 4.16. The van der Waals surface area contributed by atoms with E-state index in [0.717, 1.165) is 18.4 Å². The minimum absolute atomic E-state index is 0.0407. The van der Waals surface area contributed by atoms with Crippen molar-refractivity contribution in [1.29, 1.82) is 0 Å². The fraction of sp³-hybridized carbons (Fsp3) is 0.500. The topological polar surface area (TPSA) is 55.1 Å². The summed E-state index contributed by atoms with van der Waals surface area (Å²) in [6.45, 7) is 8.10. The quantitative estimate of drug-likeness (QED) is 0.787. The van der Waals surface area contributed by atoms with E-state index in [1.807, 2.05) is 25.1 Å². The molecule has 0 aliphatic heterocycles. The summed E-state index contributed by atoms with van der Waals surface area (Å²) in [6.07, 6.45) is 1.83. The summed E-state index contributed by atoms with van der Waals surface area (Å²) in [5.41, 5.74) is 7.83. The first-order valence-electron chi connectivity index (χ1n) is 6.11. The van der Waals surface area contributed by atoms with Gasteiger partial charge in [0.15, 0.2) is 0 Å². The minimum atomic E-state index is -0.145. The zero-order chi connectivity index (χ0) is 13.1. The Hall–Kier alpha value is -1.51. The maximum Gasteiger partial charge on any atom is 0.252 e. The van der Waals surface area contributed by atoms with Crippen molar-refractivity contribution in [3.05, 3.63) is 29.3 Å². The molecule has 0 atom stereocenters. The zero-order valence-electron chi connectivity index (χ0n) is 11.1. The third-order valence-corrected chi connectivity index (χ3v) is 3.60. The second-order valence-corrected chi connectivity index (χ2v) is 4.74. The Morgan fingerprint density at radius 3 is 2.47 bits per heavy atom. The summed E-state index contributed by atoms with van der Waals surface area (Å²) in [5, 5.41) is 3.08. The molecule has 0 saturated carbocycles. The summed E-state index contributed by atoms with van der Waals surface area (Å²) >= 11 is 0. The molecule has 0 spiro atoms. The van der Waals surface area contributed by atoms with Gasteiger partial charge < -0.3 is 11.1 Å². The van der Waals surface area contributed by atoms with Gasteiger partial charge in [0.05, 0.1) is 0 Å². The smallest absolute Gasteiger partial charge is 0.252 e. The Morgan fingerprint density at radius 2 is 1.94 bits per heavy atom. The van der Waals surface area contributed by atoms with E-state index in [-0.39, 0.29) is 11.4 Å². The highest BCUT2D eigenvalue weighted by Crippen LogP contribution is 2.19. The van der Waals surface area contributed by atoms with Gasteiger partial charge in [-0.2, -0.15) is 0 Å². The van der Waals surface area contributed by atoms with Crippen molar-refractivity contribution in [1.82, 2.24) is 5.32 Å². The van der Waals surface area contributed by atoms with Crippen LogP contribution in [0.15, 0.2) is 18.2 Å². The lowest BCUT2D eigenvalue weighted by Crippen LogP contribution is -2.45. The van der Waals surface area contributed by atoms with E-state index in [4.69, 9.17) is 5.73 Å². The van der Waals surface area contributed by atoms with Crippen LogP contribution in [0.5, 0.6) is 0 Å². The van der Waals surface area contributed by atoms with Crippen LogP contribution in [0.3, 0.4) is 0 Å². The molecule has 94 valence electrons. The van der Waals surface area contributed by atoms with Crippen LogP contribution in [0.25, 0.3) is 0 Å². The average molecular weight is 234 g/mol. The molecule has 3 N–H and O–H groups in total. The van der Waals surface area contributed by atoms with Gasteiger partial charge in [-0.1, -0.05) is 19.9 Å². The maximum absolute atomic E-state index is 12.2. The van der Waals surface area contributed by atoms with Crippen molar-refractivity contribution in [2.75, 3.05) is 5.73 Å². The molecular weight excluding hydrogens is 212 g/mol. The molecule has 0 heterocycles. The number of anilines is 1. The van der Waals surface area contributed by atoms with Crippen molar-refractivity contribution in [2.24, 2.45) is 0 Å². The minimum Gasteiger partial charge on any atom is -0.398 e. The van der Waals surface area contributed by atoms with Crippen molar-refractivity contribution in [2.45, 2.75) is 46.1 Å². The molecule has 1 aromatic rings. The van der Waals surface area contributed by atoms with Gasteiger partial charge in [-0.15, -0.1) is 0 Å². The Balaban J connectivity index is 2.94. The van der Waals surface area contributed by atoms with Crippen molar-refractivity contribution >= 4 is 11.6 Å². The molecule has 1 amide bonds. The average Bonchev–Trinajstić information content (AvgIpc) is 2.32. The summed E-state index contributed by atoms with van der Waals surface area (Å²) in [6, 6.07) is 5.43. The van der Waals surface area contributed by atoms with E-state index in [1.54, 1.807) is 0 Å². The van der Waals surface area contributed by atoms with Crippen molar-refractivity contribution < 1.29 is 4.79 Å². The molecule has 0 fully saturated rings. The summed E-state index contributed by atoms with van der Waals surface area (Å²) in [4.78, 5) is 12.2. The monoisotopic (exact) mass is 234 g/mol. The molecule has 3 nitrogen and oxygen atoms in total. The van der Waals surface area contributed by atoms with Crippen LogP contribution in [0.2, 0.25) is 0 Å². The SMILES string of the molecule is CCC(C)(CC)NC(=O)c1cccc(N)c1C. The van der Waals surface area contributed by atoms with Crippen LogP contribution in [0.4, 0.5) is 5.69 Å². The fourth-order valence-electron chi connectivity index (χ4n) is 1.67. The van der Waals surface area contributed by atoms with Gasteiger partial charge >= 0.3 is 0 Å². The van der Waals surface area contributed by atoms with Crippen molar-refractivity contribution in [3.63, 3.8) is 0 Å². The molecule has 0 aliphatic rings. The maximum atomic E-state index is 12.2. The number of benzene rings is 1. The summed E-state index contributed by atoms with van der Waals surface area (Å²) in [5.74, 6) is -0.0407. The Morgan fingerprint density at radius 1 is 1.35 bits per heavy atom. The Labute approximate surface area is 103 Å². The second-order valence-electron chi connectivity index (χ2n) is 4.74. The van der Waals surface area contributed by atoms with Crippen LogP contribution in [0.1, 0.15) is 49.5 Å². The first-order valence-corrected chi connectivity index (χ1v) is 6.11. The number of amides is 1. The second kappa shape index (κ2) is 5.21. The zero-order valence-corrected chi connectivity index (χ0v) is 11.1. The standard InChI is InChI=1S/C14H22N2O/c1-5-14(4,6-2)16-13(17)11-8-7-9-12(15)10(11)3/h7-9H,5-6,15H2,1-4H3,(H,16,17). The van der Waals surface area contributed by atoms with E-state index < -0.39 is 0 Å². The third kappa shape index (κ3) is 2.99. The lowest BCUT2D eigenvalue weighted by molar-refractivity contribution is 0.0900. The van der Waals surface area contributed by atoms with E-state index in [2.05, 4.69) is 26.1 Å². The molecule has 3 heteroatoms. The van der Waals surface area contributed by atoms with Crippen LogP contribution in [-0.2, 0) is 0 Å². The molecule has 0 bridgehead atoms. The molecule has 17 heavy (non-hydrogen) atoms. The molecule has 1 aromatic carbocycles. The van der Waals surface area contributed by atoms with Gasteiger partial charge in [-0.25, -0.2) is 0 Å². The van der Waals surface area contributed by atoms with Crippen LogP contribution >= 0.6 is 0 Å². The first-order chi connectivity index (χ1) is 7.93. The summed E-state index contributed by atoms with van der Waals surface area (Å²) < 4.78 is 0. The number of nitrogens with two attached hydrogens (primary N) is 1. The van der Waals surface area contributed by atoms with Gasteiger partial charge in [0.1, 0.15) is 0 Å². The predicted molar refractivity (Wildman–Crippen MR) is 72.0 cm³/mol. The molecule has 0 aliphatic carbocycles. The summed E-state index contributed by atoms with van der Waals surface area (Å²) in [7, 11) is 0. The van der Waals surface area contributed by atoms with E-state index in [9.17, 15) is 4.79 Å². The first kappa shape index (κ1) is 13.6. The molecular formula is C14H22N2O. The van der Waals surface area contributed by atoms with Gasteiger partial charge in [-0.05, 0) is 44.4 Å². The molecule has 0 aromatic heterocycles. The highest BCUT2D eigenvalue weighted by Gasteiger charge is 2.23. The van der Waals surface area contributed by atoms with E-state index >= 15 is 0 Å². The number of hydrogen-bond donors (Lipinski definition) is 2. The van der Waals surface area contributed by atoms with Gasteiger partial charge in [0.2, 0.25) is 0 Å². The fourth-order valence-corrected chi connectivity index (χ4v) is 1.67. The number of carbonyl (C=O) groups is 1. The molecule has 0 radical (unpaired) electrons. The lowest BCUT2D eigenvalue weighted by atomic mass is 9.94. The van der Waals surface area contributed by atoms with Crippen LogP contribution in [0, 0.1) is 6.92 Å². The molecule has 0 unspecified atom stereocenters. The number of nitrogen functional groups attached to an aromatic ring is 1. The van der Waals surface area contributed by atoms with Gasteiger partial charge in [0.25, 0.3) is 5.91 Å². The number of rotatable bonds is 4. The predicted octanol–water partition coefficient (Wildman–Crippen LogP) is 2.89.